The molecule has 1 unspecified atom stereocenters. The molecule has 19 heavy (non-hydrogen) atoms. The van der Waals surface area contributed by atoms with Crippen LogP contribution in [0, 0.1) is 14.9 Å². The largest absolute Gasteiger partial charge is 0.325 e. The van der Waals surface area contributed by atoms with E-state index < -0.39 is 0 Å². The second kappa shape index (κ2) is 6.22. The Morgan fingerprint density at radius 3 is 2.79 bits per heavy atom. The Balaban J connectivity index is 2.08. The van der Waals surface area contributed by atoms with E-state index in [0.717, 1.165) is 35.2 Å². The third kappa shape index (κ3) is 3.48. The lowest BCUT2D eigenvalue weighted by Crippen LogP contribution is -2.44. The second-order valence-electron chi connectivity index (χ2n) is 5.70. The molecule has 0 saturated carbocycles. The van der Waals surface area contributed by atoms with Crippen LogP contribution in [-0.2, 0) is 4.79 Å². The first-order valence-corrected chi connectivity index (χ1v) is 7.86. The third-order valence-corrected chi connectivity index (χ3v) is 4.97. The summed E-state index contributed by atoms with van der Waals surface area (Å²) in [6, 6.07) is 7.89. The molecule has 1 aliphatic heterocycles. The van der Waals surface area contributed by atoms with Gasteiger partial charge in [0.05, 0.1) is 5.69 Å². The van der Waals surface area contributed by atoms with Gasteiger partial charge in [0.1, 0.15) is 0 Å². The van der Waals surface area contributed by atoms with Gasteiger partial charge in [0.15, 0.2) is 0 Å². The van der Waals surface area contributed by atoms with Crippen LogP contribution in [0.25, 0.3) is 0 Å². The lowest BCUT2D eigenvalue weighted by Gasteiger charge is -2.36. The zero-order chi connectivity index (χ0) is 13.9. The zero-order valence-electron chi connectivity index (χ0n) is 11.5. The highest BCUT2D eigenvalue weighted by atomic mass is 127. The van der Waals surface area contributed by atoms with E-state index in [0.29, 0.717) is 5.92 Å². The van der Waals surface area contributed by atoms with E-state index >= 15 is 0 Å². The summed E-state index contributed by atoms with van der Waals surface area (Å²) in [5.74, 6) is 0.521. The molecular weight excluding hydrogens is 351 g/mol. The van der Waals surface area contributed by atoms with E-state index in [4.69, 9.17) is 0 Å². The summed E-state index contributed by atoms with van der Waals surface area (Å²) in [7, 11) is 0. The van der Waals surface area contributed by atoms with Gasteiger partial charge in [0, 0.05) is 8.99 Å². The van der Waals surface area contributed by atoms with Crippen molar-refractivity contribution in [3.63, 3.8) is 0 Å². The summed E-state index contributed by atoms with van der Waals surface area (Å²) in [6.07, 6.45) is 2.28. The number of amides is 1. The van der Waals surface area contributed by atoms with Crippen LogP contribution < -0.4 is 10.6 Å². The maximum Gasteiger partial charge on any atom is 0.230 e. The lowest BCUT2D eigenvalue weighted by atomic mass is 9.74. The average Bonchev–Trinajstić information content (AvgIpc) is 2.42. The highest BCUT2D eigenvalue weighted by molar-refractivity contribution is 14.1. The first kappa shape index (κ1) is 14.8. The lowest BCUT2D eigenvalue weighted by molar-refractivity contribution is -0.127. The average molecular weight is 372 g/mol. The number of anilines is 1. The number of para-hydroxylation sites is 1. The number of piperidine rings is 1. The zero-order valence-corrected chi connectivity index (χ0v) is 13.7. The monoisotopic (exact) mass is 372 g/mol. The standard InChI is InChI=1S/C15H21IN2O/c1-15(2,11-6-5-9-17-10-11)14(19)18-13-8-4-3-7-12(13)16/h3-4,7-8,11,17H,5-6,9-10H2,1-2H3,(H,18,19). The van der Waals surface area contributed by atoms with Crippen molar-refractivity contribution >= 4 is 34.2 Å². The molecule has 0 spiro atoms. The molecule has 4 heteroatoms. The molecule has 1 saturated heterocycles. The smallest absolute Gasteiger partial charge is 0.230 e. The summed E-state index contributed by atoms with van der Waals surface area (Å²) < 4.78 is 1.08. The van der Waals surface area contributed by atoms with Gasteiger partial charge in [-0.15, -0.1) is 0 Å². The second-order valence-corrected chi connectivity index (χ2v) is 6.86. The molecule has 1 amide bonds. The predicted octanol–water partition coefficient (Wildman–Crippen LogP) is 3.26. The molecule has 3 nitrogen and oxygen atoms in total. The molecule has 0 aliphatic carbocycles. The van der Waals surface area contributed by atoms with Crippen molar-refractivity contribution in [1.29, 1.82) is 0 Å². The van der Waals surface area contributed by atoms with Crippen molar-refractivity contribution in [2.75, 3.05) is 18.4 Å². The maximum atomic E-state index is 12.5. The summed E-state index contributed by atoms with van der Waals surface area (Å²) in [6.45, 7) is 6.11. The van der Waals surface area contributed by atoms with Crippen LogP contribution in [0.2, 0.25) is 0 Å². The number of benzene rings is 1. The molecule has 2 rings (SSSR count). The van der Waals surface area contributed by atoms with Gasteiger partial charge < -0.3 is 10.6 Å². The Kier molecular flexibility index (Phi) is 4.84. The van der Waals surface area contributed by atoms with Crippen LogP contribution in [0.4, 0.5) is 5.69 Å². The number of rotatable bonds is 3. The van der Waals surface area contributed by atoms with Gasteiger partial charge in [-0.25, -0.2) is 0 Å². The molecular formula is C15H21IN2O. The van der Waals surface area contributed by atoms with Crippen LogP contribution in [0.3, 0.4) is 0 Å². The Morgan fingerprint density at radius 1 is 1.42 bits per heavy atom. The fourth-order valence-electron chi connectivity index (χ4n) is 2.50. The molecule has 1 atom stereocenters. The summed E-state index contributed by atoms with van der Waals surface area (Å²) in [5, 5.41) is 6.46. The minimum Gasteiger partial charge on any atom is -0.325 e. The number of carbonyl (C=O) groups is 1. The molecule has 104 valence electrons. The summed E-state index contributed by atoms with van der Waals surface area (Å²) in [5.41, 5.74) is 0.566. The van der Waals surface area contributed by atoms with Crippen LogP contribution in [0.5, 0.6) is 0 Å². The highest BCUT2D eigenvalue weighted by Gasteiger charge is 2.37. The Hall–Kier alpha value is -0.620. The minimum absolute atomic E-state index is 0.116. The molecule has 2 N–H and O–H groups in total. The number of halogens is 1. The van der Waals surface area contributed by atoms with Gasteiger partial charge in [-0.1, -0.05) is 26.0 Å². The van der Waals surface area contributed by atoms with Gasteiger partial charge >= 0.3 is 0 Å². The van der Waals surface area contributed by atoms with E-state index in [1.807, 2.05) is 24.3 Å². The van der Waals surface area contributed by atoms with Gasteiger partial charge in [0.25, 0.3) is 0 Å². The van der Waals surface area contributed by atoms with Crippen molar-refractivity contribution in [3.8, 4) is 0 Å². The van der Waals surface area contributed by atoms with Crippen LogP contribution in [0.15, 0.2) is 24.3 Å². The van der Waals surface area contributed by atoms with Crippen LogP contribution >= 0.6 is 22.6 Å². The predicted molar refractivity (Wildman–Crippen MR) is 87.2 cm³/mol. The first-order valence-electron chi connectivity index (χ1n) is 6.78. The molecule has 0 aromatic heterocycles. The molecule has 1 aromatic rings. The maximum absolute atomic E-state index is 12.5. The van der Waals surface area contributed by atoms with Crippen LogP contribution in [0.1, 0.15) is 26.7 Å². The number of nitrogens with one attached hydrogen (secondary N) is 2. The molecule has 1 heterocycles. The van der Waals surface area contributed by atoms with Gasteiger partial charge in [-0.2, -0.15) is 0 Å². The van der Waals surface area contributed by atoms with Gasteiger partial charge in [-0.3, -0.25) is 4.79 Å². The normalized spacial score (nSPS) is 20.1. The molecule has 1 fully saturated rings. The fraction of sp³-hybridized carbons (Fsp3) is 0.533. The number of hydrogen-bond donors (Lipinski definition) is 2. The van der Waals surface area contributed by atoms with E-state index in [1.54, 1.807) is 0 Å². The van der Waals surface area contributed by atoms with E-state index in [1.165, 1.54) is 0 Å². The Morgan fingerprint density at radius 2 is 2.16 bits per heavy atom. The third-order valence-electron chi connectivity index (χ3n) is 4.02. The number of hydrogen-bond acceptors (Lipinski definition) is 2. The molecule has 1 aromatic carbocycles. The Labute approximate surface area is 128 Å². The van der Waals surface area contributed by atoms with E-state index in [9.17, 15) is 4.79 Å². The summed E-state index contributed by atoms with van der Waals surface area (Å²) >= 11 is 2.25. The topological polar surface area (TPSA) is 41.1 Å². The molecule has 0 bridgehead atoms. The SMILES string of the molecule is CC(C)(C(=O)Nc1ccccc1I)C1CCCNC1. The van der Waals surface area contributed by atoms with E-state index in [-0.39, 0.29) is 11.3 Å². The molecule has 1 aliphatic rings. The van der Waals surface area contributed by atoms with Crippen molar-refractivity contribution < 1.29 is 4.79 Å². The van der Waals surface area contributed by atoms with Crippen molar-refractivity contribution in [3.05, 3.63) is 27.8 Å². The van der Waals surface area contributed by atoms with Crippen molar-refractivity contribution in [2.24, 2.45) is 11.3 Å². The van der Waals surface area contributed by atoms with Gasteiger partial charge in [-0.05, 0) is 66.6 Å². The van der Waals surface area contributed by atoms with Crippen LogP contribution in [-0.4, -0.2) is 19.0 Å². The fourth-order valence-corrected chi connectivity index (χ4v) is 3.02. The summed E-state index contributed by atoms with van der Waals surface area (Å²) in [4.78, 5) is 12.5. The van der Waals surface area contributed by atoms with Crippen molar-refractivity contribution in [2.45, 2.75) is 26.7 Å². The molecule has 0 radical (unpaired) electrons. The van der Waals surface area contributed by atoms with E-state index in [2.05, 4.69) is 47.1 Å². The quantitative estimate of drug-likeness (QED) is 0.800. The van der Waals surface area contributed by atoms with Crippen molar-refractivity contribution in [1.82, 2.24) is 5.32 Å². The number of carbonyl (C=O) groups excluding carboxylic acids is 1. The Bertz CT molecular complexity index is 453. The highest BCUT2D eigenvalue weighted by Crippen LogP contribution is 2.33. The minimum atomic E-state index is -0.341. The van der Waals surface area contributed by atoms with Gasteiger partial charge in [0.2, 0.25) is 5.91 Å². The first-order chi connectivity index (χ1) is 9.01.